The van der Waals surface area contributed by atoms with Gasteiger partial charge in [-0.2, -0.15) is 5.10 Å². The Labute approximate surface area is 120 Å². The van der Waals surface area contributed by atoms with Gasteiger partial charge in [0, 0.05) is 24.7 Å². The fourth-order valence-corrected chi connectivity index (χ4v) is 2.53. The van der Waals surface area contributed by atoms with E-state index in [2.05, 4.69) is 5.10 Å². The average Bonchev–Trinajstić information content (AvgIpc) is 2.65. The van der Waals surface area contributed by atoms with Crippen LogP contribution >= 0.6 is 0 Å². The van der Waals surface area contributed by atoms with Crippen molar-refractivity contribution >= 4 is 0 Å². The standard InChI is InChI=1S/C16H22N2O2/c1-10-6-7-16(20-5)14(8-10)15(19)9-13-11(2)17-18(4)12(13)3/h6-8,15,19H,9H2,1-5H3. The molecule has 108 valence electrons. The molecule has 0 aliphatic carbocycles. The van der Waals surface area contributed by atoms with E-state index in [4.69, 9.17) is 4.74 Å². The van der Waals surface area contributed by atoms with Crippen LogP contribution in [-0.4, -0.2) is 22.0 Å². The normalized spacial score (nSPS) is 12.5. The smallest absolute Gasteiger partial charge is 0.124 e. The Morgan fingerprint density at radius 1 is 1.30 bits per heavy atom. The quantitative estimate of drug-likeness (QED) is 0.932. The number of hydrogen-bond acceptors (Lipinski definition) is 3. The monoisotopic (exact) mass is 274 g/mol. The van der Waals surface area contributed by atoms with Gasteiger partial charge in [-0.25, -0.2) is 0 Å². The van der Waals surface area contributed by atoms with Crippen molar-refractivity contribution < 1.29 is 9.84 Å². The molecule has 0 amide bonds. The number of aliphatic hydroxyl groups is 1. The Balaban J connectivity index is 2.32. The molecule has 0 aliphatic heterocycles. The predicted octanol–water partition coefficient (Wildman–Crippen LogP) is 2.63. The molecule has 2 aromatic rings. The van der Waals surface area contributed by atoms with Crippen LogP contribution in [0.4, 0.5) is 0 Å². The number of methoxy groups -OCH3 is 1. The molecule has 4 nitrogen and oxygen atoms in total. The summed E-state index contributed by atoms with van der Waals surface area (Å²) < 4.78 is 7.20. The third kappa shape index (κ3) is 2.70. The highest BCUT2D eigenvalue weighted by atomic mass is 16.5. The lowest BCUT2D eigenvalue weighted by atomic mass is 9.98. The summed E-state index contributed by atoms with van der Waals surface area (Å²) in [7, 11) is 3.55. The van der Waals surface area contributed by atoms with Gasteiger partial charge in [-0.3, -0.25) is 4.68 Å². The van der Waals surface area contributed by atoms with Crippen molar-refractivity contribution in [3.05, 3.63) is 46.3 Å². The van der Waals surface area contributed by atoms with E-state index >= 15 is 0 Å². The van der Waals surface area contributed by atoms with E-state index in [1.165, 1.54) is 0 Å². The third-order valence-corrected chi connectivity index (χ3v) is 3.80. The number of benzene rings is 1. The summed E-state index contributed by atoms with van der Waals surface area (Å²) in [6.45, 7) is 6.01. The molecule has 1 atom stereocenters. The Kier molecular flexibility index (Phi) is 4.14. The molecule has 0 aliphatic rings. The van der Waals surface area contributed by atoms with E-state index in [9.17, 15) is 5.11 Å². The van der Waals surface area contributed by atoms with Crippen LogP contribution in [0.5, 0.6) is 5.75 Å². The number of ether oxygens (including phenoxy) is 1. The zero-order valence-electron chi connectivity index (χ0n) is 12.8. The van der Waals surface area contributed by atoms with Crippen molar-refractivity contribution in [1.29, 1.82) is 0 Å². The van der Waals surface area contributed by atoms with E-state index in [-0.39, 0.29) is 0 Å². The maximum absolute atomic E-state index is 10.6. The van der Waals surface area contributed by atoms with Crippen LogP contribution in [0.2, 0.25) is 0 Å². The fourth-order valence-electron chi connectivity index (χ4n) is 2.53. The van der Waals surface area contributed by atoms with Gasteiger partial charge in [0.15, 0.2) is 0 Å². The topological polar surface area (TPSA) is 47.3 Å². The molecule has 1 aromatic heterocycles. The molecule has 0 bridgehead atoms. The van der Waals surface area contributed by atoms with Gasteiger partial charge >= 0.3 is 0 Å². The molecular formula is C16H22N2O2. The second kappa shape index (κ2) is 5.67. The molecular weight excluding hydrogens is 252 g/mol. The summed E-state index contributed by atoms with van der Waals surface area (Å²) in [5.41, 5.74) is 5.10. The van der Waals surface area contributed by atoms with E-state index in [0.29, 0.717) is 6.42 Å². The van der Waals surface area contributed by atoms with E-state index in [1.807, 2.05) is 50.7 Å². The van der Waals surface area contributed by atoms with Crippen LogP contribution in [0.3, 0.4) is 0 Å². The second-order valence-corrected chi connectivity index (χ2v) is 5.24. The van der Waals surface area contributed by atoms with Gasteiger partial charge in [-0.15, -0.1) is 0 Å². The average molecular weight is 274 g/mol. The van der Waals surface area contributed by atoms with Crippen molar-refractivity contribution in [3.8, 4) is 5.75 Å². The molecule has 1 N–H and O–H groups in total. The van der Waals surface area contributed by atoms with Crippen LogP contribution in [-0.2, 0) is 13.5 Å². The summed E-state index contributed by atoms with van der Waals surface area (Å²) in [5, 5.41) is 14.9. The minimum absolute atomic E-state index is 0.547. The second-order valence-electron chi connectivity index (χ2n) is 5.24. The Hall–Kier alpha value is -1.81. The maximum Gasteiger partial charge on any atom is 0.124 e. The lowest BCUT2D eigenvalue weighted by Gasteiger charge is -2.16. The Bertz CT molecular complexity index is 617. The largest absolute Gasteiger partial charge is 0.496 e. The molecule has 1 aromatic carbocycles. The molecule has 20 heavy (non-hydrogen) atoms. The number of aromatic nitrogens is 2. The van der Waals surface area contributed by atoms with Crippen molar-refractivity contribution in [2.24, 2.45) is 7.05 Å². The third-order valence-electron chi connectivity index (χ3n) is 3.80. The van der Waals surface area contributed by atoms with Crippen LogP contribution in [0, 0.1) is 20.8 Å². The van der Waals surface area contributed by atoms with Crippen molar-refractivity contribution in [2.45, 2.75) is 33.3 Å². The summed E-state index contributed by atoms with van der Waals surface area (Å²) in [6, 6.07) is 5.86. The SMILES string of the molecule is COc1ccc(C)cc1C(O)Cc1c(C)nn(C)c1C. The molecule has 0 spiro atoms. The van der Waals surface area contributed by atoms with E-state index < -0.39 is 6.10 Å². The summed E-state index contributed by atoms with van der Waals surface area (Å²) in [5.74, 6) is 0.724. The van der Waals surface area contributed by atoms with Gasteiger partial charge in [0.1, 0.15) is 5.75 Å². The van der Waals surface area contributed by atoms with Gasteiger partial charge < -0.3 is 9.84 Å². The van der Waals surface area contributed by atoms with Gasteiger partial charge in [-0.05, 0) is 38.5 Å². The van der Waals surface area contributed by atoms with Crippen molar-refractivity contribution in [2.75, 3.05) is 7.11 Å². The first-order valence-corrected chi connectivity index (χ1v) is 6.75. The molecule has 0 radical (unpaired) electrons. The molecule has 0 saturated heterocycles. The predicted molar refractivity (Wildman–Crippen MR) is 79.1 cm³/mol. The summed E-state index contributed by atoms with van der Waals surface area (Å²) in [4.78, 5) is 0. The Morgan fingerprint density at radius 3 is 2.55 bits per heavy atom. The fraction of sp³-hybridized carbons (Fsp3) is 0.438. The summed E-state index contributed by atoms with van der Waals surface area (Å²) in [6.07, 6.45) is -0.0443. The highest BCUT2D eigenvalue weighted by Gasteiger charge is 2.18. The van der Waals surface area contributed by atoms with Gasteiger partial charge in [0.25, 0.3) is 0 Å². The van der Waals surface area contributed by atoms with Crippen molar-refractivity contribution in [3.63, 3.8) is 0 Å². The number of aliphatic hydroxyl groups excluding tert-OH is 1. The number of rotatable bonds is 4. The highest BCUT2D eigenvalue weighted by Crippen LogP contribution is 2.30. The first-order chi connectivity index (χ1) is 9.43. The van der Waals surface area contributed by atoms with Crippen LogP contribution in [0.25, 0.3) is 0 Å². The van der Waals surface area contributed by atoms with Gasteiger partial charge in [0.05, 0.1) is 18.9 Å². The molecule has 1 heterocycles. The van der Waals surface area contributed by atoms with E-state index in [0.717, 1.165) is 33.8 Å². The van der Waals surface area contributed by atoms with Crippen molar-refractivity contribution in [1.82, 2.24) is 9.78 Å². The number of aryl methyl sites for hydroxylation is 3. The lowest BCUT2D eigenvalue weighted by molar-refractivity contribution is 0.173. The first-order valence-electron chi connectivity index (χ1n) is 6.75. The van der Waals surface area contributed by atoms with Crippen LogP contribution in [0.1, 0.15) is 34.2 Å². The molecule has 1 unspecified atom stereocenters. The first kappa shape index (κ1) is 14.6. The molecule has 0 fully saturated rings. The van der Waals surface area contributed by atoms with Gasteiger partial charge in [-0.1, -0.05) is 11.6 Å². The highest BCUT2D eigenvalue weighted by molar-refractivity contribution is 5.39. The minimum Gasteiger partial charge on any atom is -0.496 e. The number of hydrogen-bond donors (Lipinski definition) is 1. The van der Waals surface area contributed by atoms with E-state index in [1.54, 1.807) is 7.11 Å². The molecule has 2 rings (SSSR count). The maximum atomic E-state index is 10.6. The lowest BCUT2D eigenvalue weighted by Crippen LogP contribution is -2.06. The van der Waals surface area contributed by atoms with Crippen LogP contribution in [0.15, 0.2) is 18.2 Å². The molecule has 4 heteroatoms. The summed E-state index contributed by atoms with van der Waals surface area (Å²) >= 11 is 0. The Morgan fingerprint density at radius 2 is 2.00 bits per heavy atom. The molecule has 0 saturated carbocycles. The zero-order chi connectivity index (χ0) is 14.9. The zero-order valence-corrected chi connectivity index (χ0v) is 12.8. The van der Waals surface area contributed by atoms with Crippen LogP contribution < -0.4 is 4.74 Å². The number of nitrogens with zero attached hydrogens (tertiary/aromatic N) is 2. The van der Waals surface area contributed by atoms with Gasteiger partial charge in [0.2, 0.25) is 0 Å². The minimum atomic E-state index is -0.591.